The minimum atomic E-state index is 0.266. The summed E-state index contributed by atoms with van der Waals surface area (Å²) < 4.78 is 8.07. The summed E-state index contributed by atoms with van der Waals surface area (Å²) in [5.74, 6) is 2.25. The molecule has 3 unspecified atom stereocenters. The van der Waals surface area contributed by atoms with Gasteiger partial charge in [-0.05, 0) is 40.0 Å². The minimum absolute atomic E-state index is 0.266. The number of hydrogen-bond donors (Lipinski definition) is 1. The van der Waals surface area contributed by atoms with Crippen LogP contribution in [0.25, 0.3) is 0 Å². The second-order valence-electron chi connectivity index (χ2n) is 6.04. The van der Waals surface area contributed by atoms with Gasteiger partial charge in [0.05, 0.1) is 18.2 Å². The number of rotatable bonds is 3. The second kappa shape index (κ2) is 5.21. The zero-order valence-electron chi connectivity index (χ0n) is 12.1. The highest BCUT2D eigenvalue weighted by atomic mass is 16.5. The molecule has 0 bridgehead atoms. The highest BCUT2D eigenvalue weighted by Gasteiger charge is 2.28. The molecule has 3 atom stereocenters. The molecule has 1 fully saturated rings. The van der Waals surface area contributed by atoms with Crippen molar-refractivity contribution in [3.8, 4) is 0 Å². The topological polar surface area (TPSA) is 52.0 Å². The molecule has 2 aliphatic heterocycles. The number of hydrogen-bond acceptors (Lipinski definition) is 4. The zero-order valence-corrected chi connectivity index (χ0v) is 12.1. The number of aryl methyl sites for hydroxylation is 1. The van der Waals surface area contributed by atoms with Gasteiger partial charge in [0, 0.05) is 19.0 Å². The minimum Gasteiger partial charge on any atom is -0.375 e. The van der Waals surface area contributed by atoms with E-state index < -0.39 is 0 Å². The van der Waals surface area contributed by atoms with Crippen LogP contribution in [-0.4, -0.2) is 33.0 Å². The van der Waals surface area contributed by atoms with E-state index in [9.17, 15) is 0 Å². The van der Waals surface area contributed by atoms with E-state index >= 15 is 0 Å². The maximum absolute atomic E-state index is 5.79. The van der Waals surface area contributed by atoms with Gasteiger partial charge in [-0.25, -0.2) is 0 Å². The lowest BCUT2D eigenvalue weighted by Gasteiger charge is -2.34. The van der Waals surface area contributed by atoms with Crippen molar-refractivity contribution >= 4 is 0 Å². The Hall–Kier alpha value is -0.940. The van der Waals surface area contributed by atoms with Crippen LogP contribution in [0.15, 0.2) is 0 Å². The Morgan fingerprint density at radius 3 is 2.74 bits per heavy atom. The van der Waals surface area contributed by atoms with Crippen molar-refractivity contribution in [2.24, 2.45) is 0 Å². The first-order chi connectivity index (χ1) is 9.13. The molecule has 3 heterocycles. The molecular weight excluding hydrogens is 240 g/mol. The van der Waals surface area contributed by atoms with E-state index in [2.05, 4.69) is 40.9 Å². The molecule has 1 N–H and O–H groups in total. The number of nitrogens with zero attached hydrogens (tertiary/aromatic N) is 3. The van der Waals surface area contributed by atoms with Gasteiger partial charge in [0.2, 0.25) is 0 Å². The Bertz CT molecular complexity index is 435. The van der Waals surface area contributed by atoms with Gasteiger partial charge in [0.1, 0.15) is 11.6 Å². The van der Waals surface area contributed by atoms with Crippen LogP contribution in [0.2, 0.25) is 0 Å². The largest absolute Gasteiger partial charge is 0.375 e. The number of aromatic nitrogens is 3. The Morgan fingerprint density at radius 2 is 2.00 bits per heavy atom. The molecular formula is C14H24N4O. The molecule has 0 aliphatic carbocycles. The standard InChI is InChI=1S/C14H24N4O/c1-9-7-12(8-10(2)19-9)15-11(3)14-17-16-13-5-4-6-18(13)14/h9-12,15H,4-8H2,1-3H3. The lowest BCUT2D eigenvalue weighted by molar-refractivity contribution is -0.0435. The summed E-state index contributed by atoms with van der Waals surface area (Å²) in [6.07, 6.45) is 5.13. The van der Waals surface area contributed by atoms with Crippen LogP contribution in [0.3, 0.4) is 0 Å². The van der Waals surface area contributed by atoms with Crippen molar-refractivity contribution in [1.82, 2.24) is 20.1 Å². The predicted molar refractivity (Wildman–Crippen MR) is 72.9 cm³/mol. The van der Waals surface area contributed by atoms with Gasteiger partial charge in [0.25, 0.3) is 0 Å². The SMILES string of the molecule is CC1CC(NC(C)c2nnc3n2CCC3)CC(C)O1. The van der Waals surface area contributed by atoms with Crippen molar-refractivity contribution in [3.63, 3.8) is 0 Å². The highest BCUT2D eigenvalue weighted by Crippen LogP contribution is 2.23. The van der Waals surface area contributed by atoms with Crippen molar-refractivity contribution < 1.29 is 4.74 Å². The van der Waals surface area contributed by atoms with Crippen LogP contribution in [0.4, 0.5) is 0 Å². The van der Waals surface area contributed by atoms with Crippen molar-refractivity contribution in [1.29, 1.82) is 0 Å². The Balaban J connectivity index is 1.66. The molecule has 1 aromatic rings. The molecule has 0 aromatic carbocycles. The monoisotopic (exact) mass is 264 g/mol. The van der Waals surface area contributed by atoms with Crippen LogP contribution in [-0.2, 0) is 17.7 Å². The lowest BCUT2D eigenvalue weighted by atomic mass is 9.99. The van der Waals surface area contributed by atoms with E-state index in [-0.39, 0.29) is 6.04 Å². The smallest absolute Gasteiger partial charge is 0.149 e. The third-order valence-corrected chi connectivity index (χ3v) is 4.21. The van der Waals surface area contributed by atoms with E-state index in [1.54, 1.807) is 0 Å². The molecule has 106 valence electrons. The maximum atomic E-state index is 5.79. The Morgan fingerprint density at radius 1 is 1.26 bits per heavy atom. The van der Waals surface area contributed by atoms with Crippen molar-refractivity contribution in [3.05, 3.63) is 11.6 Å². The first-order valence-corrected chi connectivity index (χ1v) is 7.47. The third-order valence-electron chi connectivity index (χ3n) is 4.21. The molecule has 0 saturated carbocycles. The van der Waals surface area contributed by atoms with Gasteiger partial charge in [-0.1, -0.05) is 0 Å². The average Bonchev–Trinajstić information content (AvgIpc) is 2.87. The third kappa shape index (κ3) is 2.67. The van der Waals surface area contributed by atoms with Gasteiger partial charge in [-0.2, -0.15) is 0 Å². The normalized spacial score (nSPS) is 32.3. The Kier molecular flexibility index (Phi) is 3.58. The summed E-state index contributed by atoms with van der Waals surface area (Å²) in [4.78, 5) is 0. The van der Waals surface area contributed by atoms with Gasteiger partial charge < -0.3 is 14.6 Å². The molecule has 0 radical (unpaired) electrons. The molecule has 1 aromatic heterocycles. The van der Waals surface area contributed by atoms with Gasteiger partial charge in [-0.15, -0.1) is 10.2 Å². The van der Waals surface area contributed by atoms with Gasteiger partial charge in [-0.3, -0.25) is 0 Å². The zero-order chi connectivity index (χ0) is 13.4. The quantitative estimate of drug-likeness (QED) is 0.905. The fourth-order valence-corrected chi connectivity index (χ4v) is 3.46. The van der Waals surface area contributed by atoms with Crippen LogP contribution in [0.5, 0.6) is 0 Å². The van der Waals surface area contributed by atoms with Gasteiger partial charge in [0.15, 0.2) is 0 Å². The first kappa shape index (κ1) is 13.1. The van der Waals surface area contributed by atoms with Crippen LogP contribution < -0.4 is 5.32 Å². The van der Waals surface area contributed by atoms with E-state index in [0.717, 1.165) is 37.5 Å². The molecule has 5 nitrogen and oxygen atoms in total. The fourth-order valence-electron chi connectivity index (χ4n) is 3.46. The average molecular weight is 264 g/mol. The van der Waals surface area contributed by atoms with Crippen molar-refractivity contribution in [2.75, 3.05) is 0 Å². The molecule has 0 amide bonds. The van der Waals surface area contributed by atoms with Crippen LogP contribution in [0.1, 0.15) is 57.7 Å². The molecule has 3 rings (SSSR count). The summed E-state index contributed by atoms with van der Waals surface area (Å²) in [6, 6.07) is 0.782. The van der Waals surface area contributed by atoms with E-state index in [0.29, 0.717) is 18.2 Å². The molecule has 2 aliphatic rings. The fraction of sp³-hybridized carbons (Fsp3) is 0.857. The van der Waals surface area contributed by atoms with Crippen LogP contribution >= 0.6 is 0 Å². The van der Waals surface area contributed by atoms with E-state index in [4.69, 9.17) is 4.74 Å². The molecule has 1 saturated heterocycles. The van der Waals surface area contributed by atoms with Gasteiger partial charge >= 0.3 is 0 Å². The van der Waals surface area contributed by atoms with E-state index in [1.807, 2.05) is 0 Å². The summed E-state index contributed by atoms with van der Waals surface area (Å²) in [6.45, 7) is 7.58. The summed E-state index contributed by atoms with van der Waals surface area (Å²) in [5.41, 5.74) is 0. The molecule has 19 heavy (non-hydrogen) atoms. The lowest BCUT2D eigenvalue weighted by Crippen LogP contribution is -2.42. The van der Waals surface area contributed by atoms with Crippen molar-refractivity contribution in [2.45, 2.75) is 77.3 Å². The molecule has 5 heteroatoms. The first-order valence-electron chi connectivity index (χ1n) is 7.47. The second-order valence-corrected chi connectivity index (χ2v) is 6.04. The highest BCUT2D eigenvalue weighted by molar-refractivity contribution is 5.04. The summed E-state index contributed by atoms with van der Waals surface area (Å²) in [7, 11) is 0. The summed E-state index contributed by atoms with van der Waals surface area (Å²) in [5, 5.41) is 12.4. The van der Waals surface area contributed by atoms with Crippen LogP contribution in [0, 0.1) is 0 Å². The number of fused-ring (bicyclic) bond motifs is 1. The Labute approximate surface area is 114 Å². The molecule has 0 spiro atoms. The number of ether oxygens (including phenoxy) is 1. The predicted octanol–water partition coefficient (Wildman–Crippen LogP) is 1.83. The number of nitrogens with one attached hydrogen (secondary N) is 1. The van der Waals surface area contributed by atoms with E-state index in [1.165, 1.54) is 6.42 Å². The summed E-state index contributed by atoms with van der Waals surface area (Å²) >= 11 is 0. The maximum Gasteiger partial charge on any atom is 0.149 e.